The topological polar surface area (TPSA) is 66.4 Å². The summed E-state index contributed by atoms with van der Waals surface area (Å²) < 4.78 is 53.1. The molecule has 2 unspecified atom stereocenters. The fraction of sp³-hybridized carbons (Fsp3) is 0.538. The fourth-order valence-electron chi connectivity index (χ4n) is 2.37. The Bertz CT molecular complexity index is 577. The number of sulfonamides is 1. The summed E-state index contributed by atoms with van der Waals surface area (Å²) in [4.78, 5) is -0.728. The Balaban J connectivity index is 2.24. The molecule has 0 aromatic heterocycles. The summed E-state index contributed by atoms with van der Waals surface area (Å²) in [5.41, 5.74) is 0. The van der Waals surface area contributed by atoms with Crippen LogP contribution >= 0.6 is 0 Å². The quantitative estimate of drug-likeness (QED) is 0.839. The van der Waals surface area contributed by atoms with E-state index in [0.29, 0.717) is 18.9 Å². The van der Waals surface area contributed by atoms with Gasteiger partial charge in [-0.15, -0.1) is 0 Å². The first-order chi connectivity index (χ1) is 9.40. The van der Waals surface area contributed by atoms with Crippen LogP contribution in [0.25, 0.3) is 0 Å². The molecule has 0 aliphatic heterocycles. The number of rotatable bonds is 3. The molecule has 1 aromatic carbocycles. The van der Waals surface area contributed by atoms with E-state index in [1.165, 1.54) is 0 Å². The lowest BCUT2D eigenvalue weighted by Crippen LogP contribution is -2.42. The molecule has 20 heavy (non-hydrogen) atoms. The van der Waals surface area contributed by atoms with Gasteiger partial charge in [-0.05, 0) is 31.0 Å². The van der Waals surface area contributed by atoms with Crippen LogP contribution in [0.4, 0.5) is 8.78 Å². The summed E-state index contributed by atoms with van der Waals surface area (Å²) in [7, 11) is -4.19. The van der Waals surface area contributed by atoms with Gasteiger partial charge < -0.3 is 5.11 Å². The van der Waals surface area contributed by atoms with Crippen LogP contribution in [0.15, 0.2) is 23.1 Å². The molecule has 112 valence electrons. The molecule has 1 aliphatic rings. The minimum absolute atomic E-state index is 0.483. The number of aliphatic hydroxyl groups excluding tert-OH is 1. The van der Waals surface area contributed by atoms with Gasteiger partial charge in [0.2, 0.25) is 10.0 Å². The average molecular weight is 305 g/mol. The molecule has 4 nitrogen and oxygen atoms in total. The fourth-order valence-corrected chi connectivity index (χ4v) is 3.76. The summed E-state index contributed by atoms with van der Waals surface area (Å²) in [5, 5.41) is 9.89. The first-order valence-electron chi connectivity index (χ1n) is 6.55. The van der Waals surface area contributed by atoms with E-state index in [-0.39, 0.29) is 0 Å². The molecule has 2 N–H and O–H groups in total. The second kappa shape index (κ2) is 6.15. The van der Waals surface area contributed by atoms with Crippen LogP contribution in [0.1, 0.15) is 32.1 Å². The Labute approximate surface area is 116 Å². The Kier molecular flexibility index (Phi) is 4.72. The Morgan fingerprint density at radius 3 is 2.60 bits per heavy atom. The number of benzene rings is 1. The number of hydrogen-bond donors (Lipinski definition) is 2. The Morgan fingerprint density at radius 2 is 1.85 bits per heavy atom. The second-order valence-corrected chi connectivity index (χ2v) is 6.69. The van der Waals surface area contributed by atoms with Crippen LogP contribution in [0.5, 0.6) is 0 Å². The molecule has 0 heterocycles. The van der Waals surface area contributed by atoms with Gasteiger partial charge in [0.1, 0.15) is 16.5 Å². The van der Waals surface area contributed by atoms with E-state index in [1.54, 1.807) is 0 Å². The minimum Gasteiger partial charge on any atom is -0.391 e. The van der Waals surface area contributed by atoms with E-state index in [1.807, 2.05) is 0 Å². The number of aliphatic hydroxyl groups is 1. The zero-order valence-corrected chi connectivity index (χ0v) is 11.7. The molecule has 0 amide bonds. The smallest absolute Gasteiger partial charge is 0.243 e. The highest BCUT2D eigenvalue weighted by molar-refractivity contribution is 7.89. The van der Waals surface area contributed by atoms with Crippen molar-refractivity contribution in [2.45, 2.75) is 49.1 Å². The maximum atomic E-state index is 13.5. The molecule has 1 saturated carbocycles. The maximum Gasteiger partial charge on any atom is 0.243 e. The molecule has 1 aromatic rings. The van der Waals surface area contributed by atoms with E-state index in [9.17, 15) is 22.3 Å². The summed E-state index contributed by atoms with van der Waals surface area (Å²) in [5.74, 6) is -1.84. The van der Waals surface area contributed by atoms with Gasteiger partial charge in [0, 0.05) is 6.04 Å². The molecule has 0 bridgehead atoms. The zero-order valence-electron chi connectivity index (χ0n) is 10.9. The van der Waals surface area contributed by atoms with Gasteiger partial charge in [0.25, 0.3) is 0 Å². The highest BCUT2D eigenvalue weighted by Crippen LogP contribution is 2.21. The van der Waals surface area contributed by atoms with Crippen molar-refractivity contribution in [1.29, 1.82) is 0 Å². The van der Waals surface area contributed by atoms with E-state index in [0.717, 1.165) is 31.4 Å². The van der Waals surface area contributed by atoms with Crippen molar-refractivity contribution < 1.29 is 22.3 Å². The lowest BCUT2D eigenvalue weighted by molar-refractivity contribution is 0.130. The summed E-state index contributed by atoms with van der Waals surface area (Å²) in [6, 6.07) is 1.60. The van der Waals surface area contributed by atoms with Crippen molar-refractivity contribution in [3.63, 3.8) is 0 Å². The summed E-state index contributed by atoms with van der Waals surface area (Å²) in [6.07, 6.45) is 2.72. The van der Waals surface area contributed by atoms with Gasteiger partial charge in [0.15, 0.2) is 0 Å². The largest absolute Gasteiger partial charge is 0.391 e. The van der Waals surface area contributed by atoms with Crippen molar-refractivity contribution in [1.82, 2.24) is 4.72 Å². The molecule has 2 atom stereocenters. The SMILES string of the molecule is O=S(=O)(NC1CCCCCC1O)c1cc(F)ccc1F. The predicted molar refractivity (Wildman–Crippen MR) is 69.6 cm³/mol. The molecular weight excluding hydrogens is 288 g/mol. The van der Waals surface area contributed by atoms with E-state index < -0.39 is 38.7 Å². The van der Waals surface area contributed by atoms with Gasteiger partial charge in [-0.2, -0.15) is 0 Å². The van der Waals surface area contributed by atoms with Crippen LogP contribution in [0.2, 0.25) is 0 Å². The van der Waals surface area contributed by atoms with Crippen LogP contribution in [0.3, 0.4) is 0 Å². The third-order valence-corrected chi connectivity index (χ3v) is 4.97. The van der Waals surface area contributed by atoms with Crippen molar-refractivity contribution in [3.05, 3.63) is 29.8 Å². The average Bonchev–Trinajstić information content (AvgIpc) is 2.57. The molecule has 0 saturated heterocycles. The second-order valence-electron chi connectivity index (χ2n) is 5.01. The van der Waals surface area contributed by atoms with Crippen molar-refractivity contribution in [3.8, 4) is 0 Å². The number of nitrogens with one attached hydrogen (secondary N) is 1. The highest BCUT2D eigenvalue weighted by Gasteiger charge is 2.28. The van der Waals surface area contributed by atoms with E-state index >= 15 is 0 Å². The van der Waals surface area contributed by atoms with Crippen molar-refractivity contribution >= 4 is 10.0 Å². The van der Waals surface area contributed by atoms with E-state index in [2.05, 4.69) is 4.72 Å². The van der Waals surface area contributed by atoms with Gasteiger partial charge in [-0.25, -0.2) is 21.9 Å². The van der Waals surface area contributed by atoms with Crippen LogP contribution in [0, 0.1) is 11.6 Å². The van der Waals surface area contributed by atoms with Gasteiger partial charge >= 0.3 is 0 Å². The van der Waals surface area contributed by atoms with Gasteiger partial charge in [-0.1, -0.05) is 19.3 Å². The molecular formula is C13H17F2NO3S. The van der Waals surface area contributed by atoms with Gasteiger partial charge in [-0.3, -0.25) is 0 Å². The minimum atomic E-state index is -4.19. The van der Waals surface area contributed by atoms with Gasteiger partial charge in [0.05, 0.1) is 6.10 Å². The number of hydrogen-bond acceptors (Lipinski definition) is 3. The molecule has 2 rings (SSSR count). The monoisotopic (exact) mass is 305 g/mol. The van der Waals surface area contributed by atoms with E-state index in [4.69, 9.17) is 0 Å². The Hall–Kier alpha value is -1.05. The summed E-state index contributed by atoms with van der Waals surface area (Å²) in [6.45, 7) is 0. The molecule has 1 aliphatic carbocycles. The molecule has 0 radical (unpaired) electrons. The lowest BCUT2D eigenvalue weighted by atomic mass is 10.1. The van der Waals surface area contributed by atoms with Crippen LogP contribution in [-0.2, 0) is 10.0 Å². The maximum absolute atomic E-state index is 13.5. The van der Waals surface area contributed by atoms with Crippen LogP contribution < -0.4 is 4.72 Å². The number of halogens is 2. The lowest BCUT2D eigenvalue weighted by Gasteiger charge is -2.21. The van der Waals surface area contributed by atoms with Crippen LogP contribution in [-0.4, -0.2) is 25.7 Å². The molecule has 1 fully saturated rings. The molecule has 0 spiro atoms. The predicted octanol–water partition coefficient (Wildman–Crippen LogP) is 1.94. The summed E-state index contributed by atoms with van der Waals surface area (Å²) >= 11 is 0. The van der Waals surface area contributed by atoms with Crippen molar-refractivity contribution in [2.75, 3.05) is 0 Å². The third kappa shape index (κ3) is 3.53. The first kappa shape index (κ1) is 15.3. The molecule has 7 heteroatoms. The standard InChI is InChI=1S/C13H17F2NO3S/c14-9-6-7-10(15)13(8-9)20(18,19)16-11-4-2-1-3-5-12(11)17/h6-8,11-12,16-17H,1-5H2. The first-order valence-corrected chi connectivity index (χ1v) is 8.04. The van der Waals surface area contributed by atoms with Crippen molar-refractivity contribution in [2.24, 2.45) is 0 Å². The third-order valence-electron chi connectivity index (χ3n) is 3.47. The zero-order chi connectivity index (χ0) is 14.8. The highest BCUT2D eigenvalue weighted by atomic mass is 32.2. The Morgan fingerprint density at radius 1 is 1.15 bits per heavy atom. The normalized spacial score (nSPS) is 24.4.